The number of nitrogens with zero attached hydrogens (tertiary/aromatic N) is 1. The molecule has 0 unspecified atom stereocenters. The van der Waals surface area contributed by atoms with Crippen molar-refractivity contribution >= 4 is 39.8 Å². The predicted molar refractivity (Wildman–Crippen MR) is 52.2 cm³/mol. The van der Waals surface area contributed by atoms with Gasteiger partial charge >= 0.3 is 0 Å². The SMILES string of the molecule is Nc1ncc(SC/C=C/Cl)s1. The van der Waals surface area contributed by atoms with E-state index in [0.29, 0.717) is 5.13 Å². The molecule has 0 fully saturated rings. The van der Waals surface area contributed by atoms with Gasteiger partial charge in [0.25, 0.3) is 0 Å². The van der Waals surface area contributed by atoms with Crippen LogP contribution in [0.2, 0.25) is 0 Å². The Labute approximate surface area is 78.5 Å². The van der Waals surface area contributed by atoms with Gasteiger partial charge in [-0.3, -0.25) is 0 Å². The fourth-order valence-electron chi connectivity index (χ4n) is 0.505. The molecule has 0 aromatic carbocycles. The molecule has 0 spiro atoms. The van der Waals surface area contributed by atoms with Crippen LogP contribution in [0.4, 0.5) is 5.13 Å². The highest BCUT2D eigenvalue weighted by atomic mass is 35.5. The normalized spacial score (nSPS) is 11.0. The number of nitrogens with two attached hydrogens (primary N) is 1. The zero-order valence-electron chi connectivity index (χ0n) is 5.66. The zero-order chi connectivity index (χ0) is 8.10. The molecule has 2 N–H and O–H groups in total. The molecule has 0 amide bonds. The smallest absolute Gasteiger partial charge is 0.181 e. The number of hydrogen-bond acceptors (Lipinski definition) is 4. The van der Waals surface area contributed by atoms with Gasteiger partial charge in [-0.1, -0.05) is 29.0 Å². The summed E-state index contributed by atoms with van der Waals surface area (Å²) < 4.78 is 1.12. The summed E-state index contributed by atoms with van der Waals surface area (Å²) in [6.07, 6.45) is 3.65. The van der Waals surface area contributed by atoms with Crippen LogP contribution in [-0.4, -0.2) is 10.7 Å². The van der Waals surface area contributed by atoms with Crippen LogP contribution in [0.25, 0.3) is 0 Å². The summed E-state index contributed by atoms with van der Waals surface area (Å²) in [5.74, 6) is 0.866. The second kappa shape index (κ2) is 4.64. The minimum absolute atomic E-state index is 0.613. The number of halogens is 1. The van der Waals surface area contributed by atoms with Crippen LogP contribution in [0.15, 0.2) is 22.0 Å². The molecule has 0 saturated carbocycles. The Balaban J connectivity index is 2.38. The topological polar surface area (TPSA) is 38.9 Å². The summed E-state index contributed by atoms with van der Waals surface area (Å²) in [4.78, 5) is 3.91. The van der Waals surface area contributed by atoms with Gasteiger partial charge < -0.3 is 5.73 Å². The highest BCUT2D eigenvalue weighted by Gasteiger charge is 1.96. The third kappa shape index (κ3) is 3.14. The third-order valence-electron chi connectivity index (χ3n) is 0.913. The predicted octanol–water partition coefficient (Wildman–Crippen LogP) is 2.57. The van der Waals surface area contributed by atoms with Crippen molar-refractivity contribution in [1.29, 1.82) is 0 Å². The number of thioether (sulfide) groups is 1. The average molecular weight is 207 g/mol. The van der Waals surface area contributed by atoms with Crippen LogP contribution in [0.5, 0.6) is 0 Å². The van der Waals surface area contributed by atoms with Crippen molar-refractivity contribution in [3.05, 3.63) is 17.8 Å². The molecule has 60 valence electrons. The van der Waals surface area contributed by atoms with Crippen LogP contribution in [0.3, 0.4) is 0 Å². The fraction of sp³-hybridized carbons (Fsp3) is 0.167. The lowest BCUT2D eigenvalue weighted by atomic mass is 10.8. The Hall–Kier alpha value is -0.190. The average Bonchev–Trinajstić information content (AvgIpc) is 2.37. The summed E-state index contributed by atoms with van der Waals surface area (Å²) in [5.41, 5.74) is 6.94. The first-order valence-corrected chi connectivity index (χ1v) is 5.16. The maximum absolute atomic E-state index is 5.43. The Morgan fingerprint density at radius 2 is 2.64 bits per heavy atom. The minimum atomic E-state index is 0.613. The summed E-state index contributed by atoms with van der Waals surface area (Å²) in [7, 11) is 0. The number of rotatable bonds is 3. The lowest BCUT2D eigenvalue weighted by Crippen LogP contribution is -1.77. The van der Waals surface area contributed by atoms with E-state index < -0.39 is 0 Å². The van der Waals surface area contributed by atoms with Gasteiger partial charge in [-0.15, -0.1) is 11.8 Å². The molecule has 0 radical (unpaired) electrons. The van der Waals surface area contributed by atoms with Gasteiger partial charge in [-0.2, -0.15) is 0 Å². The Morgan fingerprint density at radius 1 is 1.82 bits per heavy atom. The molecule has 1 rings (SSSR count). The minimum Gasteiger partial charge on any atom is -0.375 e. The van der Waals surface area contributed by atoms with Crippen molar-refractivity contribution in [2.75, 3.05) is 11.5 Å². The van der Waals surface area contributed by atoms with E-state index in [-0.39, 0.29) is 0 Å². The van der Waals surface area contributed by atoms with Gasteiger partial charge in [-0.25, -0.2) is 4.98 Å². The summed E-state index contributed by atoms with van der Waals surface area (Å²) in [6.45, 7) is 0. The second-order valence-corrected chi connectivity index (χ2v) is 4.32. The molecule has 2 nitrogen and oxygen atoms in total. The van der Waals surface area contributed by atoms with Crippen LogP contribution >= 0.6 is 34.7 Å². The van der Waals surface area contributed by atoms with E-state index in [0.717, 1.165) is 9.96 Å². The standard InChI is InChI=1S/C6H7ClN2S2/c7-2-1-3-10-5-4-9-6(8)11-5/h1-2,4H,3H2,(H2,8,9)/b2-1+. The first-order chi connectivity index (χ1) is 5.33. The van der Waals surface area contributed by atoms with Crippen LogP contribution < -0.4 is 5.73 Å². The van der Waals surface area contributed by atoms with Crippen molar-refractivity contribution in [1.82, 2.24) is 4.98 Å². The molecule has 1 aromatic heterocycles. The van der Waals surface area contributed by atoms with Crippen molar-refractivity contribution in [3.63, 3.8) is 0 Å². The van der Waals surface area contributed by atoms with Gasteiger partial charge in [0.1, 0.15) is 0 Å². The van der Waals surface area contributed by atoms with Gasteiger partial charge in [0, 0.05) is 11.3 Å². The molecule has 1 heterocycles. The van der Waals surface area contributed by atoms with Gasteiger partial charge in [0.2, 0.25) is 0 Å². The van der Waals surface area contributed by atoms with Crippen molar-refractivity contribution in [2.24, 2.45) is 0 Å². The van der Waals surface area contributed by atoms with Gasteiger partial charge in [-0.05, 0) is 0 Å². The lowest BCUT2D eigenvalue weighted by molar-refractivity contribution is 1.38. The lowest BCUT2D eigenvalue weighted by Gasteiger charge is -1.87. The molecule has 1 aromatic rings. The molecule has 0 aliphatic carbocycles. The number of aromatic nitrogens is 1. The zero-order valence-corrected chi connectivity index (χ0v) is 8.05. The van der Waals surface area contributed by atoms with E-state index in [1.54, 1.807) is 18.0 Å². The maximum atomic E-state index is 5.43. The van der Waals surface area contributed by atoms with Gasteiger partial charge in [0.05, 0.1) is 10.4 Å². The molecular weight excluding hydrogens is 200 g/mol. The largest absolute Gasteiger partial charge is 0.375 e. The Bertz CT molecular complexity index is 246. The first-order valence-electron chi connectivity index (χ1n) is 2.92. The second-order valence-electron chi connectivity index (χ2n) is 1.69. The van der Waals surface area contributed by atoms with Crippen LogP contribution in [0.1, 0.15) is 0 Å². The van der Waals surface area contributed by atoms with E-state index in [1.165, 1.54) is 16.9 Å². The first kappa shape index (κ1) is 8.90. The summed E-state index contributed by atoms with van der Waals surface area (Å²) in [6, 6.07) is 0. The molecule has 0 bridgehead atoms. The van der Waals surface area contributed by atoms with Crippen molar-refractivity contribution in [3.8, 4) is 0 Å². The number of hydrogen-bond donors (Lipinski definition) is 1. The summed E-state index contributed by atoms with van der Waals surface area (Å²) in [5, 5.41) is 0.613. The number of nitrogen functional groups attached to an aromatic ring is 1. The van der Waals surface area contributed by atoms with E-state index in [4.69, 9.17) is 17.3 Å². The molecular formula is C6H7ClN2S2. The molecule has 0 saturated heterocycles. The van der Waals surface area contributed by atoms with E-state index in [2.05, 4.69) is 4.98 Å². The summed E-state index contributed by atoms with van der Waals surface area (Å²) >= 11 is 8.50. The Kier molecular flexibility index (Phi) is 3.76. The maximum Gasteiger partial charge on any atom is 0.181 e. The van der Waals surface area contributed by atoms with E-state index >= 15 is 0 Å². The van der Waals surface area contributed by atoms with Crippen LogP contribution in [0, 0.1) is 0 Å². The number of anilines is 1. The van der Waals surface area contributed by atoms with E-state index in [9.17, 15) is 0 Å². The quantitative estimate of drug-likeness (QED) is 0.773. The number of thiazole rings is 1. The molecule has 0 aliphatic rings. The molecule has 5 heteroatoms. The molecule has 0 atom stereocenters. The van der Waals surface area contributed by atoms with E-state index in [1.807, 2.05) is 6.08 Å². The highest BCUT2D eigenvalue weighted by Crippen LogP contribution is 2.26. The van der Waals surface area contributed by atoms with Crippen molar-refractivity contribution in [2.45, 2.75) is 4.21 Å². The van der Waals surface area contributed by atoms with Crippen LogP contribution in [-0.2, 0) is 0 Å². The molecule has 0 aliphatic heterocycles. The highest BCUT2D eigenvalue weighted by molar-refractivity contribution is 8.01. The Morgan fingerprint density at radius 3 is 3.18 bits per heavy atom. The van der Waals surface area contributed by atoms with Gasteiger partial charge in [0.15, 0.2) is 5.13 Å². The monoisotopic (exact) mass is 206 g/mol. The van der Waals surface area contributed by atoms with Crippen molar-refractivity contribution < 1.29 is 0 Å². The fourth-order valence-corrected chi connectivity index (χ4v) is 2.30. The molecule has 11 heavy (non-hydrogen) atoms. The third-order valence-corrected chi connectivity index (χ3v) is 3.07.